The fourth-order valence-corrected chi connectivity index (χ4v) is 1.72. The maximum Gasteiger partial charge on any atom is 0.337 e. The zero-order valence-electron chi connectivity index (χ0n) is 10.5. The molecule has 0 heterocycles. The van der Waals surface area contributed by atoms with Crippen molar-refractivity contribution in [2.24, 2.45) is 0 Å². The first-order valence-corrected chi connectivity index (χ1v) is 5.64. The van der Waals surface area contributed by atoms with Crippen molar-refractivity contribution in [1.82, 2.24) is 0 Å². The molecule has 0 aliphatic rings. The second-order valence-electron chi connectivity index (χ2n) is 4.21. The van der Waals surface area contributed by atoms with Crippen LogP contribution in [0, 0.1) is 18.6 Å². The summed E-state index contributed by atoms with van der Waals surface area (Å²) in [6.07, 6.45) is 0. The van der Waals surface area contributed by atoms with Gasteiger partial charge >= 0.3 is 5.97 Å². The van der Waals surface area contributed by atoms with E-state index < -0.39 is 17.6 Å². The molecule has 6 heteroatoms. The lowest BCUT2D eigenvalue weighted by atomic mass is 10.1. The molecule has 0 radical (unpaired) electrons. The van der Waals surface area contributed by atoms with Gasteiger partial charge in [0.05, 0.1) is 5.56 Å². The number of halogens is 2. The van der Waals surface area contributed by atoms with Crippen LogP contribution >= 0.6 is 0 Å². The molecule has 2 aromatic rings. The molecule has 0 saturated carbocycles. The minimum Gasteiger partial charge on any atom is -0.478 e. The molecule has 0 aliphatic carbocycles. The molecule has 4 nitrogen and oxygen atoms in total. The highest BCUT2D eigenvalue weighted by Gasteiger charge is 2.13. The summed E-state index contributed by atoms with van der Waals surface area (Å²) in [6.45, 7) is 1.61. The maximum absolute atomic E-state index is 13.0. The van der Waals surface area contributed by atoms with Gasteiger partial charge in [-0.05, 0) is 24.6 Å². The molecule has 0 bridgehead atoms. The van der Waals surface area contributed by atoms with Gasteiger partial charge in [-0.15, -0.1) is 0 Å². The summed E-state index contributed by atoms with van der Waals surface area (Å²) < 4.78 is 31.4. The first-order valence-electron chi connectivity index (χ1n) is 5.64. The summed E-state index contributed by atoms with van der Waals surface area (Å²) in [5, 5.41) is 9.01. The molecular weight excluding hydrogens is 268 g/mol. The lowest BCUT2D eigenvalue weighted by Crippen LogP contribution is -2.04. The minimum absolute atomic E-state index is 0.0667. The molecule has 0 amide bonds. The second-order valence-corrected chi connectivity index (χ2v) is 4.21. The Hall–Kier alpha value is -2.63. The molecule has 0 unspecified atom stereocenters. The van der Waals surface area contributed by atoms with Crippen molar-refractivity contribution in [2.45, 2.75) is 6.92 Å². The summed E-state index contributed by atoms with van der Waals surface area (Å²) >= 11 is 0. The number of carbonyl (C=O) groups is 1. The van der Waals surface area contributed by atoms with Crippen molar-refractivity contribution in [1.29, 1.82) is 0 Å². The van der Waals surface area contributed by atoms with E-state index in [2.05, 4.69) is 0 Å². The van der Waals surface area contributed by atoms with Crippen molar-refractivity contribution in [3.05, 3.63) is 53.1 Å². The number of rotatable bonds is 3. The average molecular weight is 279 g/mol. The third-order valence-corrected chi connectivity index (χ3v) is 2.66. The van der Waals surface area contributed by atoms with Gasteiger partial charge in [0.15, 0.2) is 0 Å². The van der Waals surface area contributed by atoms with Crippen molar-refractivity contribution in [2.75, 3.05) is 5.73 Å². The monoisotopic (exact) mass is 279 g/mol. The van der Waals surface area contributed by atoms with Crippen LogP contribution in [0.5, 0.6) is 11.5 Å². The van der Waals surface area contributed by atoms with E-state index in [0.29, 0.717) is 11.6 Å². The quantitative estimate of drug-likeness (QED) is 0.845. The van der Waals surface area contributed by atoms with Crippen molar-refractivity contribution >= 4 is 11.7 Å². The Bertz CT molecular complexity index is 666. The molecule has 0 spiro atoms. The largest absolute Gasteiger partial charge is 0.478 e. The van der Waals surface area contributed by atoms with Crippen LogP contribution in [0.25, 0.3) is 0 Å². The Morgan fingerprint density at radius 3 is 2.20 bits per heavy atom. The lowest BCUT2D eigenvalue weighted by Gasteiger charge is -2.10. The summed E-state index contributed by atoms with van der Waals surface area (Å²) in [6, 6.07) is 5.40. The molecule has 2 rings (SSSR count). The highest BCUT2D eigenvalue weighted by Crippen LogP contribution is 2.29. The fourth-order valence-electron chi connectivity index (χ4n) is 1.72. The highest BCUT2D eigenvalue weighted by molar-refractivity contribution is 5.95. The van der Waals surface area contributed by atoms with Gasteiger partial charge in [-0.1, -0.05) is 0 Å². The van der Waals surface area contributed by atoms with Crippen LogP contribution in [0.4, 0.5) is 14.5 Å². The number of nitrogen functional groups attached to an aromatic ring is 1. The van der Waals surface area contributed by atoms with Gasteiger partial charge in [0.1, 0.15) is 23.1 Å². The first-order chi connectivity index (χ1) is 9.36. The van der Waals surface area contributed by atoms with Crippen LogP contribution in [0.15, 0.2) is 30.3 Å². The topological polar surface area (TPSA) is 72.5 Å². The predicted molar refractivity (Wildman–Crippen MR) is 69.0 cm³/mol. The van der Waals surface area contributed by atoms with Crippen molar-refractivity contribution in [3.8, 4) is 11.5 Å². The number of hydrogen-bond donors (Lipinski definition) is 2. The second kappa shape index (κ2) is 5.16. The van der Waals surface area contributed by atoms with E-state index in [0.717, 1.165) is 12.1 Å². The number of benzene rings is 2. The minimum atomic E-state index is -1.21. The summed E-state index contributed by atoms with van der Waals surface area (Å²) in [5.74, 6) is -2.71. The molecule has 0 atom stereocenters. The highest BCUT2D eigenvalue weighted by atomic mass is 19.1. The van der Waals surface area contributed by atoms with Gasteiger partial charge < -0.3 is 15.6 Å². The fraction of sp³-hybridized carbons (Fsp3) is 0.0714. The van der Waals surface area contributed by atoms with Crippen LogP contribution in [-0.4, -0.2) is 11.1 Å². The Kier molecular flexibility index (Phi) is 3.56. The standard InChI is InChI=1S/C14H11F2NO3/c1-7-2-10(6-12(13(7)17)14(18)19)20-11-4-8(15)3-9(16)5-11/h2-6H,17H2,1H3,(H,18,19). The SMILES string of the molecule is Cc1cc(Oc2cc(F)cc(F)c2)cc(C(=O)O)c1N. The van der Waals surface area contributed by atoms with Gasteiger partial charge in [-0.25, -0.2) is 13.6 Å². The van der Waals surface area contributed by atoms with Gasteiger partial charge in [-0.2, -0.15) is 0 Å². The molecule has 2 aromatic carbocycles. The molecule has 104 valence electrons. The van der Waals surface area contributed by atoms with E-state index in [1.807, 2.05) is 0 Å². The molecular formula is C14H11F2NO3. The van der Waals surface area contributed by atoms with Gasteiger partial charge in [-0.3, -0.25) is 0 Å². The number of carboxylic acids is 1. The summed E-state index contributed by atoms with van der Waals surface area (Å²) in [4.78, 5) is 11.0. The zero-order chi connectivity index (χ0) is 14.9. The number of ether oxygens (including phenoxy) is 1. The van der Waals surface area contributed by atoms with Crippen molar-refractivity contribution in [3.63, 3.8) is 0 Å². The number of anilines is 1. The number of aromatic carboxylic acids is 1. The van der Waals surface area contributed by atoms with E-state index in [1.165, 1.54) is 12.1 Å². The number of nitrogens with two attached hydrogens (primary N) is 1. The number of aryl methyl sites for hydroxylation is 1. The van der Waals surface area contributed by atoms with Gasteiger partial charge in [0.2, 0.25) is 0 Å². The van der Waals surface area contributed by atoms with Crippen LogP contribution in [0.2, 0.25) is 0 Å². The van der Waals surface area contributed by atoms with Crippen LogP contribution in [-0.2, 0) is 0 Å². The van der Waals surface area contributed by atoms with Crippen LogP contribution < -0.4 is 10.5 Å². The summed E-state index contributed by atoms with van der Waals surface area (Å²) in [7, 11) is 0. The molecule has 0 fully saturated rings. The van der Waals surface area contributed by atoms with E-state index in [-0.39, 0.29) is 22.7 Å². The van der Waals surface area contributed by atoms with E-state index in [4.69, 9.17) is 15.6 Å². The van der Waals surface area contributed by atoms with Gasteiger partial charge in [0.25, 0.3) is 0 Å². The molecule has 3 N–H and O–H groups in total. The van der Waals surface area contributed by atoms with E-state index >= 15 is 0 Å². The molecule has 0 saturated heterocycles. The predicted octanol–water partition coefficient (Wildman–Crippen LogP) is 3.35. The maximum atomic E-state index is 13.0. The third kappa shape index (κ3) is 2.85. The average Bonchev–Trinajstić information content (AvgIpc) is 2.31. The van der Waals surface area contributed by atoms with Crippen LogP contribution in [0.1, 0.15) is 15.9 Å². The zero-order valence-corrected chi connectivity index (χ0v) is 10.5. The normalized spacial score (nSPS) is 10.3. The van der Waals surface area contributed by atoms with Crippen LogP contribution in [0.3, 0.4) is 0 Å². The number of hydrogen-bond acceptors (Lipinski definition) is 3. The lowest BCUT2D eigenvalue weighted by molar-refractivity contribution is 0.0697. The Morgan fingerprint density at radius 1 is 1.10 bits per heavy atom. The van der Waals surface area contributed by atoms with Crippen molar-refractivity contribution < 1.29 is 23.4 Å². The van der Waals surface area contributed by atoms with E-state index in [9.17, 15) is 13.6 Å². The smallest absolute Gasteiger partial charge is 0.337 e. The molecule has 0 aliphatic heterocycles. The van der Waals surface area contributed by atoms with E-state index in [1.54, 1.807) is 6.92 Å². The summed E-state index contributed by atoms with van der Waals surface area (Å²) in [5.41, 5.74) is 6.13. The Morgan fingerprint density at radius 2 is 1.65 bits per heavy atom. The first kappa shape index (κ1) is 13.8. The molecule has 0 aromatic heterocycles. The third-order valence-electron chi connectivity index (χ3n) is 2.66. The number of carboxylic acid groups (broad SMARTS) is 1. The Balaban J connectivity index is 2.41. The molecule has 20 heavy (non-hydrogen) atoms. The Labute approximate surface area is 113 Å². The van der Waals surface area contributed by atoms with Gasteiger partial charge in [0, 0.05) is 23.9 Å².